The van der Waals surface area contributed by atoms with E-state index < -0.39 is 0 Å². The van der Waals surface area contributed by atoms with Crippen LogP contribution < -0.4 is 0 Å². The number of alkyl halides is 1. The van der Waals surface area contributed by atoms with Gasteiger partial charge in [0.15, 0.2) is 0 Å². The standard InChI is InChI=1S/C12H20Cl2N2/c1-8(2)7-10(13)5-6-11-12(14)9(3)15-16(11)4/h8,10H,5-7H2,1-4H3. The summed E-state index contributed by atoms with van der Waals surface area (Å²) in [5, 5.41) is 5.31. The number of hydrogen-bond acceptors (Lipinski definition) is 1. The third kappa shape index (κ3) is 3.67. The quantitative estimate of drug-likeness (QED) is 0.735. The summed E-state index contributed by atoms with van der Waals surface area (Å²) >= 11 is 12.4. The third-order valence-electron chi connectivity index (χ3n) is 2.68. The molecule has 4 heteroatoms. The molecule has 1 aromatic heterocycles. The molecule has 1 unspecified atom stereocenters. The number of aryl methyl sites for hydroxylation is 2. The lowest BCUT2D eigenvalue weighted by Crippen LogP contribution is -2.07. The molecule has 2 nitrogen and oxygen atoms in total. The Morgan fingerprint density at radius 3 is 2.44 bits per heavy atom. The molecule has 92 valence electrons. The van der Waals surface area contributed by atoms with Crippen LogP contribution in [-0.4, -0.2) is 15.2 Å². The highest BCUT2D eigenvalue weighted by Crippen LogP contribution is 2.23. The van der Waals surface area contributed by atoms with Gasteiger partial charge in [-0.1, -0.05) is 25.4 Å². The molecule has 0 saturated heterocycles. The van der Waals surface area contributed by atoms with E-state index in [1.54, 1.807) is 0 Å². The van der Waals surface area contributed by atoms with Gasteiger partial charge in [-0.05, 0) is 32.1 Å². The summed E-state index contributed by atoms with van der Waals surface area (Å²) in [5.74, 6) is 0.645. The molecule has 0 aliphatic rings. The summed E-state index contributed by atoms with van der Waals surface area (Å²) in [4.78, 5) is 0. The lowest BCUT2D eigenvalue weighted by atomic mass is 10.0. The minimum Gasteiger partial charge on any atom is -0.271 e. The van der Waals surface area contributed by atoms with Crippen molar-refractivity contribution < 1.29 is 0 Å². The van der Waals surface area contributed by atoms with Crippen LogP contribution in [0.15, 0.2) is 0 Å². The van der Waals surface area contributed by atoms with E-state index in [9.17, 15) is 0 Å². The van der Waals surface area contributed by atoms with E-state index in [1.807, 2.05) is 18.7 Å². The van der Waals surface area contributed by atoms with E-state index in [2.05, 4.69) is 18.9 Å². The van der Waals surface area contributed by atoms with Crippen molar-refractivity contribution in [2.24, 2.45) is 13.0 Å². The van der Waals surface area contributed by atoms with E-state index in [4.69, 9.17) is 23.2 Å². The molecule has 1 heterocycles. The molecule has 0 fully saturated rings. The molecule has 0 aliphatic heterocycles. The largest absolute Gasteiger partial charge is 0.271 e. The van der Waals surface area contributed by atoms with Crippen LogP contribution in [0.25, 0.3) is 0 Å². The lowest BCUT2D eigenvalue weighted by molar-refractivity contribution is 0.538. The Hall–Kier alpha value is -0.210. The SMILES string of the molecule is Cc1nn(C)c(CCC(Cl)CC(C)C)c1Cl. The second kappa shape index (κ2) is 5.92. The van der Waals surface area contributed by atoms with Crippen LogP contribution in [0.5, 0.6) is 0 Å². The van der Waals surface area contributed by atoms with E-state index in [0.717, 1.165) is 35.7 Å². The van der Waals surface area contributed by atoms with Crippen molar-refractivity contribution >= 4 is 23.2 Å². The zero-order valence-corrected chi connectivity index (χ0v) is 11.9. The second-order valence-corrected chi connectivity index (χ2v) is 5.73. The van der Waals surface area contributed by atoms with Gasteiger partial charge in [0, 0.05) is 12.4 Å². The summed E-state index contributed by atoms with van der Waals surface area (Å²) in [5.41, 5.74) is 1.99. The molecule has 1 aromatic rings. The number of halogens is 2. The number of aromatic nitrogens is 2. The summed E-state index contributed by atoms with van der Waals surface area (Å²) in [7, 11) is 1.93. The molecule has 0 bridgehead atoms. The predicted octanol–water partition coefficient (Wildman–Crippen LogP) is 3.97. The molecular formula is C12H20Cl2N2. The highest BCUT2D eigenvalue weighted by atomic mass is 35.5. The molecule has 0 amide bonds. The molecule has 0 radical (unpaired) electrons. The smallest absolute Gasteiger partial charge is 0.0846 e. The molecule has 0 aliphatic carbocycles. The van der Waals surface area contributed by atoms with E-state index in [1.165, 1.54) is 0 Å². The normalized spacial score (nSPS) is 13.4. The van der Waals surface area contributed by atoms with Gasteiger partial charge in [-0.25, -0.2) is 0 Å². The van der Waals surface area contributed by atoms with Crippen LogP contribution >= 0.6 is 23.2 Å². The zero-order chi connectivity index (χ0) is 12.3. The summed E-state index contributed by atoms with van der Waals surface area (Å²) in [6.45, 7) is 6.31. The second-order valence-electron chi connectivity index (χ2n) is 4.74. The summed E-state index contributed by atoms with van der Waals surface area (Å²) in [6.07, 6.45) is 2.91. The average Bonchev–Trinajstić information content (AvgIpc) is 2.38. The maximum atomic E-state index is 6.26. The summed E-state index contributed by atoms with van der Waals surface area (Å²) in [6, 6.07) is 0. The monoisotopic (exact) mass is 262 g/mol. The minimum absolute atomic E-state index is 0.228. The van der Waals surface area contributed by atoms with Gasteiger partial charge >= 0.3 is 0 Å². The molecule has 0 spiro atoms. The van der Waals surface area contributed by atoms with Crippen LogP contribution in [0.1, 0.15) is 38.1 Å². The Balaban J connectivity index is 2.54. The average molecular weight is 263 g/mol. The minimum atomic E-state index is 0.228. The van der Waals surface area contributed by atoms with Crippen molar-refractivity contribution in [2.75, 3.05) is 0 Å². The van der Waals surface area contributed by atoms with Crippen LogP contribution in [0, 0.1) is 12.8 Å². The van der Waals surface area contributed by atoms with Gasteiger partial charge in [0.1, 0.15) is 0 Å². The molecule has 0 saturated carbocycles. The fraction of sp³-hybridized carbons (Fsp3) is 0.750. The van der Waals surface area contributed by atoms with Crippen LogP contribution in [-0.2, 0) is 13.5 Å². The first kappa shape index (κ1) is 13.9. The van der Waals surface area contributed by atoms with Gasteiger partial charge in [-0.2, -0.15) is 5.10 Å². The van der Waals surface area contributed by atoms with Crippen molar-refractivity contribution in [1.82, 2.24) is 9.78 Å². The Labute approximate surface area is 108 Å². The van der Waals surface area contributed by atoms with Gasteiger partial charge in [-0.15, -0.1) is 11.6 Å². The number of nitrogens with zero attached hydrogens (tertiary/aromatic N) is 2. The van der Waals surface area contributed by atoms with Crippen molar-refractivity contribution in [2.45, 2.75) is 45.4 Å². The van der Waals surface area contributed by atoms with Crippen LogP contribution in [0.4, 0.5) is 0 Å². The lowest BCUT2D eigenvalue weighted by Gasteiger charge is -2.11. The predicted molar refractivity (Wildman–Crippen MR) is 70.4 cm³/mol. The molecule has 1 atom stereocenters. The fourth-order valence-electron chi connectivity index (χ4n) is 1.87. The first-order valence-corrected chi connectivity index (χ1v) is 6.55. The number of hydrogen-bond donors (Lipinski definition) is 0. The maximum absolute atomic E-state index is 6.26. The Bertz CT molecular complexity index is 345. The molecular weight excluding hydrogens is 243 g/mol. The van der Waals surface area contributed by atoms with Crippen molar-refractivity contribution in [3.63, 3.8) is 0 Å². The molecule has 1 rings (SSSR count). The topological polar surface area (TPSA) is 17.8 Å². The van der Waals surface area contributed by atoms with Gasteiger partial charge in [0.05, 0.1) is 16.4 Å². The maximum Gasteiger partial charge on any atom is 0.0846 e. The highest BCUT2D eigenvalue weighted by molar-refractivity contribution is 6.31. The number of rotatable bonds is 5. The Kier molecular flexibility index (Phi) is 5.13. The Morgan fingerprint density at radius 1 is 1.38 bits per heavy atom. The Morgan fingerprint density at radius 2 is 2.00 bits per heavy atom. The van der Waals surface area contributed by atoms with E-state index >= 15 is 0 Å². The van der Waals surface area contributed by atoms with Crippen LogP contribution in [0.2, 0.25) is 5.02 Å². The third-order valence-corrected chi connectivity index (χ3v) is 3.57. The van der Waals surface area contributed by atoms with Gasteiger partial charge in [-0.3, -0.25) is 4.68 Å². The van der Waals surface area contributed by atoms with Gasteiger partial charge in [0.25, 0.3) is 0 Å². The van der Waals surface area contributed by atoms with Crippen molar-refractivity contribution in [1.29, 1.82) is 0 Å². The first-order valence-electron chi connectivity index (χ1n) is 5.73. The van der Waals surface area contributed by atoms with Gasteiger partial charge < -0.3 is 0 Å². The van der Waals surface area contributed by atoms with E-state index in [-0.39, 0.29) is 5.38 Å². The fourth-order valence-corrected chi connectivity index (χ4v) is 2.59. The molecule has 16 heavy (non-hydrogen) atoms. The summed E-state index contributed by atoms with van der Waals surface area (Å²) < 4.78 is 1.86. The molecule has 0 N–H and O–H groups in total. The molecule has 0 aromatic carbocycles. The van der Waals surface area contributed by atoms with E-state index in [0.29, 0.717) is 5.92 Å². The van der Waals surface area contributed by atoms with Gasteiger partial charge in [0.2, 0.25) is 0 Å². The first-order chi connectivity index (χ1) is 7.41. The van der Waals surface area contributed by atoms with Crippen LogP contribution in [0.3, 0.4) is 0 Å². The van der Waals surface area contributed by atoms with Crippen molar-refractivity contribution in [3.8, 4) is 0 Å². The zero-order valence-electron chi connectivity index (χ0n) is 10.4. The highest BCUT2D eigenvalue weighted by Gasteiger charge is 2.13. The van der Waals surface area contributed by atoms with Crippen molar-refractivity contribution in [3.05, 3.63) is 16.4 Å².